The van der Waals surface area contributed by atoms with Crippen LogP contribution in [0.5, 0.6) is 5.75 Å². The lowest BCUT2D eigenvalue weighted by molar-refractivity contribution is 0.310. The van der Waals surface area contributed by atoms with E-state index >= 15 is 0 Å². The van der Waals surface area contributed by atoms with Crippen LogP contribution in [0.15, 0.2) is 18.5 Å². The van der Waals surface area contributed by atoms with Crippen molar-refractivity contribution in [2.75, 3.05) is 6.61 Å². The molecule has 0 aromatic carbocycles. The molecule has 0 radical (unpaired) electrons. The Balaban J connectivity index is 2.12. The number of ether oxygens (including phenoxy) is 1. The van der Waals surface area contributed by atoms with Gasteiger partial charge in [0.1, 0.15) is 5.75 Å². The second kappa shape index (κ2) is 7.26. The number of pyridine rings is 1. The largest absolute Gasteiger partial charge is 0.492 e. The van der Waals surface area contributed by atoms with E-state index < -0.39 is 0 Å². The van der Waals surface area contributed by atoms with Crippen molar-refractivity contribution in [1.29, 1.82) is 0 Å². The van der Waals surface area contributed by atoms with Gasteiger partial charge in [-0.1, -0.05) is 33.6 Å². The maximum atomic E-state index is 6.74. The van der Waals surface area contributed by atoms with Gasteiger partial charge in [-0.3, -0.25) is 4.98 Å². The van der Waals surface area contributed by atoms with Crippen molar-refractivity contribution in [3.8, 4) is 5.75 Å². The Bertz CT molecular complexity index is 447. The molecule has 0 saturated heterocycles. The van der Waals surface area contributed by atoms with Crippen molar-refractivity contribution in [1.82, 2.24) is 4.98 Å². The molecule has 0 spiro atoms. The maximum Gasteiger partial charge on any atom is 0.137 e. The van der Waals surface area contributed by atoms with Gasteiger partial charge in [0, 0.05) is 11.7 Å². The second-order valence-corrected chi connectivity index (χ2v) is 6.85. The molecule has 0 bridgehead atoms. The first-order valence-corrected chi connectivity index (χ1v) is 8.42. The molecule has 3 nitrogen and oxygen atoms in total. The van der Waals surface area contributed by atoms with E-state index in [0.717, 1.165) is 49.0 Å². The number of hydrogen-bond donors (Lipinski definition) is 1. The molecule has 1 heterocycles. The van der Waals surface area contributed by atoms with Gasteiger partial charge in [-0.15, -0.1) is 0 Å². The van der Waals surface area contributed by atoms with Gasteiger partial charge in [-0.2, -0.15) is 0 Å². The van der Waals surface area contributed by atoms with E-state index in [1.54, 1.807) is 6.20 Å². The second-order valence-electron chi connectivity index (χ2n) is 6.85. The Kier molecular flexibility index (Phi) is 5.63. The van der Waals surface area contributed by atoms with Crippen LogP contribution < -0.4 is 10.5 Å². The topological polar surface area (TPSA) is 48.1 Å². The quantitative estimate of drug-likeness (QED) is 0.824. The molecule has 21 heavy (non-hydrogen) atoms. The minimum absolute atomic E-state index is 0.234. The zero-order chi connectivity index (χ0) is 15.3. The molecule has 118 valence electrons. The van der Waals surface area contributed by atoms with Crippen LogP contribution in [0.4, 0.5) is 0 Å². The highest BCUT2D eigenvalue weighted by Crippen LogP contribution is 2.38. The lowest BCUT2D eigenvalue weighted by atomic mass is 9.83. The first kappa shape index (κ1) is 16.3. The van der Waals surface area contributed by atoms with Gasteiger partial charge in [0.2, 0.25) is 0 Å². The molecule has 2 unspecified atom stereocenters. The van der Waals surface area contributed by atoms with Gasteiger partial charge in [0.05, 0.1) is 12.8 Å². The van der Waals surface area contributed by atoms with Gasteiger partial charge >= 0.3 is 0 Å². The highest BCUT2D eigenvalue weighted by molar-refractivity contribution is 5.29. The molecule has 1 aliphatic rings. The summed E-state index contributed by atoms with van der Waals surface area (Å²) in [5.41, 5.74) is 7.65. The van der Waals surface area contributed by atoms with E-state index in [2.05, 4.69) is 31.8 Å². The Hall–Kier alpha value is -1.09. The Morgan fingerprint density at radius 3 is 2.86 bits per heavy atom. The van der Waals surface area contributed by atoms with Gasteiger partial charge < -0.3 is 10.5 Å². The fourth-order valence-electron chi connectivity index (χ4n) is 3.34. The Morgan fingerprint density at radius 2 is 2.14 bits per heavy atom. The highest BCUT2D eigenvalue weighted by Gasteiger charge is 2.32. The molecular formula is C18H30N2O. The molecule has 0 amide bonds. The predicted octanol–water partition coefficient (Wildman–Crippen LogP) is 4.26. The van der Waals surface area contributed by atoms with Crippen LogP contribution in [0.25, 0.3) is 0 Å². The van der Waals surface area contributed by atoms with Gasteiger partial charge in [-0.05, 0) is 49.1 Å². The average molecular weight is 290 g/mol. The first-order valence-electron chi connectivity index (χ1n) is 8.42. The monoisotopic (exact) mass is 290 g/mol. The summed E-state index contributed by atoms with van der Waals surface area (Å²) in [6.07, 6.45) is 10.5. The van der Waals surface area contributed by atoms with E-state index in [1.807, 2.05) is 6.20 Å². The normalized spacial score (nSPS) is 26.6. The van der Waals surface area contributed by atoms with Crippen LogP contribution in [0.2, 0.25) is 0 Å². The van der Waals surface area contributed by atoms with Crippen molar-refractivity contribution in [2.24, 2.45) is 17.6 Å². The summed E-state index contributed by atoms with van der Waals surface area (Å²) in [4.78, 5) is 4.34. The maximum absolute atomic E-state index is 6.74. The van der Waals surface area contributed by atoms with Crippen LogP contribution in [0, 0.1) is 11.8 Å². The molecule has 1 aliphatic carbocycles. The van der Waals surface area contributed by atoms with E-state index in [-0.39, 0.29) is 5.54 Å². The van der Waals surface area contributed by atoms with Crippen LogP contribution in [-0.4, -0.2) is 11.6 Å². The van der Waals surface area contributed by atoms with Gasteiger partial charge in [0.15, 0.2) is 0 Å². The SMILES string of the molecule is CCCOc1cncc(C2(N)CCCC(C(C)C)CC2)c1. The fraction of sp³-hybridized carbons (Fsp3) is 0.722. The lowest BCUT2D eigenvalue weighted by Crippen LogP contribution is -2.36. The average Bonchev–Trinajstić information content (AvgIpc) is 2.68. The summed E-state index contributed by atoms with van der Waals surface area (Å²) in [7, 11) is 0. The molecule has 2 N–H and O–H groups in total. The van der Waals surface area contributed by atoms with E-state index in [4.69, 9.17) is 10.5 Å². The predicted molar refractivity (Wildman–Crippen MR) is 87.3 cm³/mol. The summed E-state index contributed by atoms with van der Waals surface area (Å²) in [5, 5.41) is 0. The summed E-state index contributed by atoms with van der Waals surface area (Å²) >= 11 is 0. The number of hydrogen-bond acceptors (Lipinski definition) is 3. The molecule has 1 fully saturated rings. The number of rotatable bonds is 5. The molecular weight excluding hydrogens is 260 g/mol. The van der Waals surface area contributed by atoms with E-state index in [9.17, 15) is 0 Å². The lowest BCUT2D eigenvalue weighted by Gasteiger charge is -2.29. The smallest absolute Gasteiger partial charge is 0.137 e. The fourth-order valence-corrected chi connectivity index (χ4v) is 3.34. The molecule has 3 heteroatoms. The molecule has 1 saturated carbocycles. The standard InChI is InChI=1S/C18H30N2O/c1-4-10-21-17-11-16(12-20-13-17)18(19)8-5-6-15(7-9-18)14(2)3/h11-15H,4-10,19H2,1-3H3. The third-order valence-corrected chi connectivity index (χ3v) is 4.86. The molecule has 1 aromatic rings. The van der Waals surface area contributed by atoms with Gasteiger partial charge in [0.25, 0.3) is 0 Å². The van der Waals surface area contributed by atoms with Crippen LogP contribution in [-0.2, 0) is 5.54 Å². The molecule has 1 aromatic heterocycles. The summed E-state index contributed by atoms with van der Waals surface area (Å²) < 4.78 is 5.70. The minimum Gasteiger partial charge on any atom is -0.492 e. The van der Waals surface area contributed by atoms with Crippen molar-refractivity contribution in [3.05, 3.63) is 24.0 Å². The van der Waals surface area contributed by atoms with Crippen molar-refractivity contribution in [2.45, 2.75) is 64.8 Å². The number of aromatic nitrogens is 1. The first-order chi connectivity index (χ1) is 10.0. The zero-order valence-electron chi connectivity index (χ0n) is 13.8. The van der Waals surface area contributed by atoms with Crippen molar-refractivity contribution >= 4 is 0 Å². The van der Waals surface area contributed by atoms with Crippen LogP contribution in [0.3, 0.4) is 0 Å². The summed E-state index contributed by atoms with van der Waals surface area (Å²) in [6, 6.07) is 2.10. The molecule has 0 aliphatic heterocycles. The number of nitrogens with zero attached hydrogens (tertiary/aromatic N) is 1. The van der Waals surface area contributed by atoms with E-state index in [0.29, 0.717) is 0 Å². The molecule has 2 rings (SSSR count). The molecule has 2 atom stereocenters. The summed E-state index contributed by atoms with van der Waals surface area (Å²) in [6.45, 7) is 7.50. The van der Waals surface area contributed by atoms with Gasteiger partial charge in [-0.25, -0.2) is 0 Å². The third-order valence-electron chi connectivity index (χ3n) is 4.86. The Morgan fingerprint density at radius 1 is 1.33 bits per heavy atom. The highest BCUT2D eigenvalue weighted by atomic mass is 16.5. The zero-order valence-corrected chi connectivity index (χ0v) is 13.8. The van der Waals surface area contributed by atoms with Crippen molar-refractivity contribution < 1.29 is 4.74 Å². The number of nitrogens with two attached hydrogens (primary N) is 1. The van der Waals surface area contributed by atoms with E-state index in [1.165, 1.54) is 19.3 Å². The van der Waals surface area contributed by atoms with Crippen molar-refractivity contribution in [3.63, 3.8) is 0 Å². The van der Waals surface area contributed by atoms with Crippen LogP contribution in [0.1, 0.15) is 64.9 Å². The summed E-state index contributed by atoms with van der Waals surface area (Å²) in [5.74, 6) is 2.41. The third kappa shape index (κ3) is 4.19. The Labute approximate surface area is 129 Å². The van der Waals surface area contributed by atoms with Crippen LogP contribution >= 0.6 is 0 Å². The minimum atomic E-state index is -0.234.